The number of hydrogen-bond acceptors (Lipinski definition) is 3. The lowest BCUT2D eigenvalue weighted by Crippen LogP contribution is -2.54. The molecule has 3 rings (SSSR count). The minimum Gasteiger partial charge on any atom is -0.508 e. The quantitative estimate of drug-likeness (QED) is 0.157. The predicted octanol–water partition coefficient (Wildman–Crippen LogP) is 8.57. The summed E-state index contributed by atoms with van der Waals surface area (Å²) in [4.78, 5) is 0. The van der Waals surface area contributed by atoms with Gasteiger partial charge in [0, 0.05) is 5.75 Å². The van der Waals surface area contributed by atoms with Gasteiger partial charge in [0.05, 0.1) is 6.10 Å². The van der Waals surface area contributed by atoms with Crippen LogP contribution in [-0.2, 0) is 17.3 Å². The molecule has 40 heavy (non-hydrogen) atoms. The molecule has 4 atom stereocenters. The summed E-state index contributed by atoms with van der Waals surface area (Å²) in [6, 6.07) is 26.5. The minimum atomic E-state index is -2.24. The van der Waals surface area contributed by atoms with E-state index in [1.165, 1.54) is 40.0 Å². The third-order valence-electron chi connectivity index (χ3n) is 8.76. The van der Waals surface area contributed by atoms with Crippen LogP contribution >= 0.6 is 10.0 Å². The molecule has 2 N–H and O–H groups in total. The summed E-state index contributed by atoms with van der Waals surface area (Å²) in [5, 5.41) is 20.7. The maximum Gasteiger partial charge on any atom is 0.224 e. The van der Waals surface area contributed by atoms with E-state index < -0.39 is 18.3 Å². The van der Waals surface area contributed by atoms with Gasteiger partial charge < -0.3 is 14.6 Å². The van der Waals surface area contributed by atoms with Crippen LogP contribution in [0.1, 0.15) is 64.0 Å². The highest BCUT2D eigenvalue weighted by atomic mass is 32.3. The Hall–Kier alpha value is -2.21. The standard InChI is InChI=1S/C35H52O3SSi/c1-6-33(28-39(4,8-3)27-13-15-30-21-25-32(37)26-22-30)38-40(5,35-16-10-9-11-17-35)34(7-2)18-12-14-29-19-23-31(36)24-20-29/h9-11,16-17,19-26,33-34,36-37H,6-8,12-15,18,27-28H2,1-5H3. The fourth-order valence-electron chi connectivity index (χ4n) is 5.92. The third kappa shape index (κ3) is 9.42. The van der Waals surface area contributed by atoms with E-state index in [1.54, 1.807) is 24.3 Å². The molecule has 0 heterocycles. The summed E-state index contributed by atoms with van der Waals surface area (Å²) < 4.78 is 7.42. The van der Waals surface area contributed by atoms with E-state index in [4.69, 9.17) is 4.43 Å². The highest BCUT2D eigenvalue weighted by Gasteiger charge is 2.41. The Morgan fingerprint density at radius 3 is 1.80 bits per heavy atom. The molecule has 5 heteroatoms. The largest absolute Gasteiger partial charge is 0.508 e. The van der Waals surface area contributed by atoms with Gasteiger partial charge in [0.15, 0.2) is 0 Å². The molecule has 0 spiro atoms. The van der Waals surface area contributed by atoms with E-state index in [2.05, 4.69) is 76.0 Å². The Labute approximate surface area is 246 Å². The molecule has 0 fully saturated rings. The van der Waals surface area contributed by atoms with Crippen molar-refractivity contribution < 1.29 is 14.6 Å². The van der Waals surface area contributed by atoms with Gasteiger partial charge in [-0.25, -0.2) is 10.0 Å². The number of aromatic hydroxyl groups is 2. The van der Waals surface area contributed by atoms with Crippen LogP contribution in [0.25, 0.3) is 0 Å². The number of phenolic OH excluding ortho intramolecular Hbond substituents is 2. The predicted molar refractivity (Wildman–Crippen MR) is 178 cm³/mol. The lowest BCUT2D eigenvalue weighted by atomic mass is 10.1. The molecule has 0 aliphatic rings. The van der Waals surface area contributed by atoms with Crippen LogP contribution in [-0.4, -0.2) is 48.1 Å². The summed E-state index contributed by atoms with van der Waals surface area (Å²) in [6.07, 6.45) is 10.6. The van der Waals surface area contributed by atoms with E-state index in [0.717, 1.165) is 38.5 Å². The van der Waals surface area contributed by atoms with Crippen molar-refractivity contribution in [3.63, 3.8) is 0 Å². The smallest absolute Gasteiger partial charge is 0.224 e. The molecule has 0 radical (unpaired) electrons. The van der Waals surface area contributed by atoms with E-state index in [0.29, 0.717) is 17.0 Å². The van der Waals surface area contributed by atoms with Crippen molar-refractivity contribution in [3.8, 4) is 11.5 Å². The minimum absolute atomic E-state index is 0.289. The van der Waals surface area contributed by atoms with Gasteiger partial charge in [-0.3, -0.25) is 0 Å². The first-order valence-corrected chi connectivity index (χ1v) is 20.2. The Kier molecular flexibility index (Phi) is 12.7. The van der Waals surface area contributed by atoms with Crippen LogP contribution in [0.2, 0.25) is 12.1 Å². The first kappa shape index (κ1) is 32.3. The van der Waals surface area contributed by atoms with Crippen molar-refractivity contribution >= 4 is 23.5 Å². The monoisotopic (exact) mass is 580 g/mol. The van der Waals surface area contributed by atoms with E-state index >= 15 is 0 Å². The van der Waals surface area contributed by atoms with Gasteiger partial charge in [-0.15, -0.1) is 0 Å². The second-order valence-electron chi connectivity index (χ2n) is 11.7. The second kappa shape index (κ2) is 15.7. The topological polar surface area (TPSA) is 49.7 Å². The van der Waals surface area contributed by atoms with Crippen LogP contribution < -0.4 is 5.19 Å². The summed E-state index contributed by atoms with van der Waals surface area (Å²) in [5.74, 6) is 4.34. The Morgan fingerprint density at radius 1 is 0.750 bits per heavy atom. The first-order valence-electron chi connectivity index (χ1n) is 15.2. The molecule has 0 aliphatic heterocycles. The fourth-order valence-corrected chi connectivity index (χ4v) is 12.9. The zero-order valence-electron chi connectivity index (χ0n) is 25.4. The molecule has 0 bridgehead atoms. The van der Waals surface area contributed by atoms with Crippen molar-refractivity contribution in [2.75, 3.05) is 23.5 Å². The van der Waals surface area contributed by atoms with Crippen LogP contribution in [0.3, 0.4) is 0 Å². The average molecular weight is 581 g/mol. The number of hydrogen-bond donors (Lipinski definition) is 2. The fraction of sp³-hybridized carbons (Fsp3) is 0.486. The van der Waals surface area contributed by atoms with Crippen molar-refractivity contribution in [2.45, 2.75) is 83.9 Å². The first-order chi connectivity index (χ1) is 19.2. The van der Waals surface area contributed by atoms with Gasteiger partial charge in [-0.1, -0.05) is 88.2 Å². The number of rotatable bonds is 17. The molecular formula is C35H52O3SSi. The number of aryl methyl sites for hydroxylation is 2. The van der Waals surface area contributed by atoms with Gasteiger partial charge in [-0.2, -0.15) is 0 Å². The molecule has 0 saturated carbocycles. The maximum absolute atomic E-state index is 9.64. The van der Waals surface area contributed by atoms with Gasteiger partial charge in [0.1, 0.15) is 11.5 Å². The van der Waals surface area contributed by atoms with Crippen LogP contribution in [0.15, 0.2) is 78.9 Å². The molecule has 3 nitrogen and oxygen atoms in total. The summed E-state index contributed by atoms with van der Waals surface area (Å²) in [6.45, 7) is 9.49. The molecular weight excluding hydrogens is 529 g/mol. The highest BCUT2D eigenvalue weighted by Crippen LogP contribution is 2.47. The Bertz CT molecular complexity index is 1120. The molecule has 4 unspecified atom stereocenters. The molecule has 220 valence electrons. The van der Waals surface area contributed by atoms with Gasteiger partial charge in [0.2, 0.25) is 8.32 Å². The molecule has 3 aromatic carbocycles. The van der Waals surface area contributed by atoms with Gasteiger partial charge in [0.25, 0.3) is 0 Å². The zero-order chi connectivity index (χ0) is 29.0. The second-order valence-corrected chi connectivity index (χ2v) is 19.8. The normalized spacial score (nSPS) is 16.9. The molecule has 0 aliphatic carbocycles. The molecule has 0 saturated heterocycles. The van der Waals surface area contributed by atoms with Crippen molar-refractivity contribution in [1.82, 2.24) is 0 Å². The van der Waals surface area contributed by atoms with Crippen molar-refractivity contribution in [1.29, 1.82) is 0 Å². The summed E-state index contributed by atoms with van der Waals surface area (Å²) >= 11 is 0. The van der Waals surface area contributed by atoms with Crippen LogP contribution in [0.5, 0.6) is 11.5 Å². The molecule has 0 aromatic heterocycles. The van der Waals surface area contributed by atoms with E-state index in [9.17, 15) is 10.2 Å². The maximum atomic E-state index is 9.64. The van der Waals surface area contributed by atoms with Gasteiger partial charge in [-0.05, 0) is 103 Å². The Morgan fingerprint density at radius 2 is 1.30 bits per heavy atom. The Balaban J connectivity index is 1.70. The summed E-state index contributed by atoms with van der Waals surface area (Å²) in [5.41, 5.74) is 3.15. The number of benzene rings is 3. The van der Waals surface area contributed by atoms with E-state index in [-0.39, 0.29) is 6.10 Å². The highest BCUT2D eigenvalue weighted by molar-refractivity contribution is 8.33. The number of phenols is 2. The SMILES string of the molecule is CCC(CS(C)(CC)CCCc1ccc(O)cc1)O[Si](C)(c1ccccc1)C(CC)CCCc1ccc(O)cc1. The van der Waals surface area contributed by atoms with Crippen LogP contribution in [0, 0.1) is 0 Å². The summed E-state index contributed by atoms with van der Waals surface area (Å²) in [7, 11) is -3.02. The molecule has 0 amide bonds. The lowest BCUT2D eigenvalue weighted by Gasteiger charge is -2.43. The van der Waals surface area contributed by atoms with E-state index in [1.807, 2.05) is 12.1 Å². The van der Waals surface area contributed by atoms with Crippen molar-refractivity contribution in [3.05, 3.63) is 90.0 Å². The zero-order valence-corrected chi connectivity index (χ0v) is 27.3. The van der Waals surface area contributed by atoms with Gasteiger partial charge >= 0.3 is 0 Å². The lowest BCUT2D eigenvalue weighted by molar-refractivity contribution is 0.206. The van der Waals surface area contributed by atoms with Crippen molar-refractivity contribution in [2.24, 2.45) is 0 Å². The molecule has 3 aromatic rings. The average Bonchev–Trinajstić information content (AvgIpc) is 2.97. The van der Waals surface area contributed by atoms with Crippen LogP contribution in [0.4, 0.5) is 0 Å². The third-order valence-corrected chi connectivity index (χ3v) is 17.2.